The molecule has 0 saturated heterocycles. The van der Waals surface area contributed by atoms with E-state index in [9.17, 15) is 0 Å². The minimum absolute atomic E-state index is 0.359. The highest BCUT2D eigenvalue weighted by atomic mass is 32.1. The third-order valence-corrected chi connectivity index (χ3v) is 4.42. The standard InChI is InChI=1S/C20H17N3OS/c25-20-22-21-19(23(20)13-15-6-2-1-3-7-15)14-24-18-11-10-16-8-4-5-9-17(16)12-18/h1-12H,13-14H2,(H,22,25). The van der Waals surface area contributed by atoms with Crippen LogP contribution in [0, 0.1) is 4.77 Å². The Morgan fingerprint density at radius 2 is 1.68 bits per heavy atom. The molecule has 4 aromatic rings. The Balaban J connectivity index is 1.53. The lowest BCUT2D eigenvalue weighted by atomic mass is 10.1. The Labute approximate surface area is 150 Å². The highest BCUT2D eigenvalue weighted by Crippen LogP contribution is 2.21. The topological polar surface area (TPSA) is 42.8 Å². The van der Waals surface area contributed by atoms with E-state index in [0.717, 1.165) is 17.0 Å². The lowest BCUT2D eigenvalue weighted by Crippen LogP contribution is -2.08. The molecular formula is C20H17N3OS. The predicted molar refractivity (Wildman–Crippen MR) is 101 cm³/mol. The number of hydrogen-bond donors (Lipinski definition) is 1. The highest BCUT2D eigenvalue weighted by Gasteiger charge is 2.08. The molecule has 0 aliphatic carbocycles. The average Bonchev–Trinajstić information content (AvgIpc) is 3.00. The number of hydrogen-bond acceptors (Lipinski definition) is 3. The first-order valence-electron chi connectivity index (χ1n) is 8.09. The first-order valence-corrected chi connectivity index (χ1v) is 8.50. The van der Waals surface area contributed by atoms with E-state index < -0.39 is 0 Å². The van der Waals surface area contributed by atoms with Crippen molar-refractivity contribution in [2.24, 2.45) is 0 Å². The van der Waals surface area contributed by atoms with E-state index in [0.29, 0.717) is 17.9 Å². The molecule has 1 N–H and O–H groups in total. The summed E-state index contributed by atoms with van der Waals surface area (Å²) in [6.07, 6.45) is 0. The highest BCUT2D eigenvalue weighted by molar-refractivity contribution is 7.71. The molecule has 0 aliphatic heterocycles. The Hall–Kier alpha value is -2.92. The summed E-state index contributed by atoms with van der Waals surface area (Å²) in [4.78, 5) is 0. The largest absolute Gasteiger partial charge is 0.486 e. The molecule has 0 spiro atoms. The van der Waals surface area contributed by atoms with Crippen LogP contribution < -0.4 is 4.74 Å². The second-order valence-electron chi connectivity index (χ2n) is 5.81. The van der Waals surface area contributed by atoms with Crippen LogP contribution in [-0.2, 0) is 13.2 Å². The lowest BCUT2D eigenvalue weighted by molar-refractivity contribution is 0.290. The molecule has 5 heteroatoms. The third kappa shape index (κ3) is 3.46. The molecular weight excluding hydrogens is 330 g/mol. The minimum Gasteiger partial charge on any atom is -0.486 e. The van der Waals surface area contributed by atoms with Gasteiger partial charge in [0.1, 0.15) is 12.4 Å². The number of aromatic nitrogens is 3. The summed E-state index contributed by atoms with van der Waals surface area (Å²) >= 11 is 5.36. The second kappa shape index (κ2) is 6.91. The number of benzene rings is 3. The van der Waals surface area contributed by atoms with Gasteiger partial charge in [0.15, 0.2) is 10.6 Å². The smallest absolute Gasteiger partial charge is 0.195 e. The van der Waals surface area contributed by atoms with Gasteiger partial charge in [0.25, 0.3) is 0 Å². The van der Waals surface area contributed by atoms with Crippen molar-refractivity contribution >= 4 is 23.0 Å². The van der Waals surface area contributed by atoms with Crippen molar-refractivity contribution in [2.45, 2.75) is 13.2 Å². The fourth-order valence-corrected chi connectivity index (χ4v) is 3.01. The van der Waals surface area contributed by atoms with E-state index in [1.54, 1.807) is 0 Å². The Morgan fingerprint density at radius 1 is 0.920 bits per heavy atom. The second-order valence-corrected chi connectivity index (χ2v) is 6.20. The van der Waals surface area contributed by atoms with E-state index in [1.165, 1.54) is 10.9 Å². The average molecular weight is 347 g/mol. The molecule has 0 fully saturated rings. The van der Waals surface area contributed by atoms with E-state index in [-0.39, 0.29) is 0 Å². The molecule has 0 unspecified atom stereocenters. The van der Waals surface area contributed by atoms with Crippen LogP contribution in [0.2, 0.25) is 0 Å². The van der Waals surface area contributed by atoms with E-state index in [1.807, 2.05) is 47.0 Å². The molecule has 3 aromatic carbocycles. The van der Waals surface area contributed by atoms with Crippen LogP contribution in [0.5, 0.6) is 5.75 Å². The van der Waals surface area contributed by atoms with Gasteiger partial charge in [0.05, 0.1) is 6.54 Å². The van der Waals surface area contributed by atoms with E-state index in [4.69, 9.17) is 17.0 Å². The first-order chi connectivity index (χ1) is 12.3. The molecule has 0 aliphatic rings. The molecule has 0 radical (unpaired) electrons. The van der Waals surface area contributed by atoms with Gasteiger partial charge in [-0.25, -0.2) is 0 Å². The van der Waals surface area contributed by atoms with Gasteiger partial charge < -0.3 is 4.74 Å². The van der Waals surface area contributed by atoms with Crippen molar-refractivity contribution in [3.63, 3.8) is 0 Å². The summed E-state index contributed by atoms with van der Waals surface area (Å²) in [6, 6.07) is 24.5. The van der Waals surface area contributed by atoms with Gasteiger partial charge in [0, 0.05) is 0 Å². The van der Waals surface area contributed by atoms with E-state index in [2.05, 4.69) is 40.5 Å². The number of nitrogens with one attached hydrogen (secondary N) is 1. The normalized spacial score (nSPS) is 10.9. The van der Waals surface area contributed by atoms with Crippen LogP contribution in [0.4, 0.5) is 0 Å². The SMILES string of the molecule is S=c1[nH]nc(COc2ccc3ccccc3c2)n1Cc1ccccc1. The predicted octanol–water partition coefficient (Wildman–Crippen LogP) is 4.72. The van der Waals surface area contributed by atoms with Crippen LogP contribution in [0.25, 0.3) is 10.8 Å². The summed E-state index contributed by atoms with van der Waals surface area (Å²) in [5, 5.41) is 9.52. The molecule has 0 saturated carbocycles. The van der Waals surface area contributed by atoms with Crippen molar-refractivity contribution in [3.05, 3.63) is 89.0 Å². The van der Waals surface area contributed by atoms with Crippen molar-refractivity contribution in [1.82, 2.24) is 14.8 Å². The maximum absolute atomic E-state index is 5.94. The fourth-order valence-electron chi connectivity index (χ4n) is 2.79. The summed E-state index contributed by atoms with van der Waals surface area (Å²) < 4.78 is 8.50. The van der Waals surface area contributed by atoms with Crippen LogP contribution in [0.3, 0.4) is 0 Å². The lowest BCUT2D eigenvalue weighted by Gasteiger charge is -2.09. The van der Waals surface area contributed by atoms with Crippen LogP contribution in [0.15, 0.2) is 72.8 Å². The Morgan fingerprint density at radius 3 is 2.52 bits per heavy atom. The van der Waals surface area contributed by atoms with Gasteiger partial charge in [-0.3, -0.25) is 9.67 Å². The number of nitrogens with zero attached hydrogens (tertiary/aromatic N) is 2. The summed E-state index contributed by atoms with van der Waals surface area (Å²) in [7, 11) is 0. The maximum Gasteiger partial charge on any atom is 0.195 e. The van der Waals surface area contributed by atoms with Crippen molar-refractivity contribution in [3.8, 4) is 5.75 Å². The minimum atomic E-state index is 0.359. The number of aromatic amines is 1. The van der Waals surface area contributed by atoms with Crippen molar-refractivity contribution in [1.29, 1.82) is 0 Å². The van der Waals surface area contributed by atoms with Crippen LogP contribution in [0.1, 0.15) is 11.4 Å². The quantitative estimate of drug-likeness (QED) is 0.531. The molecule has 25 heavy (non-hydrogen) atoms. The number of ether oxygens (including phenoxy) is 1. The molecule has 0 amide bonds. The summed E-state index contributed by atoms with van der Waals surface area (Å²) in [5.41, 5.74) is 1.17. The van der Waals surface area contributed by atoms with Gasteiger partial charge in [-0.15, -0.1) is 0 Å². The number of H-pyrrole nitrogens is 1. The molecule has 1 heterocycles. The zero-order chi connectivity index (χ0) is 17.1. The van der Waals surface area contributed by atoms with Gasteiger partial charge in [0.2, 0.25) is 0 Å². The van der Waals surface area contributed by atoms with Gasteiger partial charge >= 0.3 is 0 Å². The van der Waals surface area contributed by atoms with E-state index >= 15 is 0 Å². The van der Waals surface area contributed by atoms with Crippen molar-refractivity contribution < 1.29 is 4.74 Å². The molecule has 124 valence electrons. The molecule has 1 aromatic heterocycles. The van der Waals surface area contributed by atoms with Crippen LogP contribution >= 0.6 is 12.2 Å². The molecule has 0 bridgehead atoms. The monoisotopic (exact) mass is 347 g/mol. The number of fused-ring (bicyclic) bond motifs is 1. The fraction of sp³-hybridized carbons (Fsp3) is 0.100. The maximum atomic E-state index is 5.94. The number of rotatable bonds is 5. The Bertz CT molecular complexity index is 1050. The van der Waals surface area contributed by atoms with Crippen LogP contribution in [-0.4, -0.2) is 14.8 Å². The first kappa shape index (κ1) is 15.6. The zero-order valence-corrected chi connectivity index (χ0v) is 14.4. The molecule has 4 rings (SSSR count). The third-order valence-electron chi connectivity index (χ3n) is 4.11. The van der Waals surface area contributed by atoms with Gasteiger partial charge in [-0.05, 0) is 40.7 Å². The zero-order valence-electron chi connectivity index (χ0n) is 13.6. The summed E-state index contributed by atoms with van der Waals surface area (Å²) in [5.74, 6) is 1.60. The van der Waals surface area contributed by atoms with Gasteiger partial charge in [-0.1, -0.05) is 60.7 Å². The Kier molecular flexibility index (Phi) is 4.31. The molecule has 4 nitrogen and oxygen atoms in total. The van der Waals surface area contributed by atoms with Gasteiger partial charge in [-0.2, -0.15) is 5.10 Å². The molecule has 0 atom stereocenters. The van der Waals surface area contributed by atoms with Crippen molar-refractivity contribution in [2.75, 3.05) is 0 Å². The summed E-state index contributed by atoms with van der Waals surface area (Å²) in [6.45, 7) is 1.03.